The van der Waals surface area contributed by atoms with Crippen molar-refractivity contribution in [2.75, 3.05) is 32.8 Å². The first-order valence-electron chi connectivity index (χ1n) is 8.93. The average molecular weight is 376 g/mol. The van der Waals surface area contributed by atoms with Crippen molar-refractivity contribution in [3.05, 3.63) is 22.9 Å². The maximum Gasteiger partial charge on any atom is 0.409 e. The summed E-state index contributed by atoms with van der Waals surface area (Å²) in [7, 11) is 1.70. The van der Waals surface area contributed by atoms with Gasteiger partial charge in [0, 0.05) is 33.2 Å². The minimum atomic E-state index is -0.349. The minimum absolute atomic E-state index is 0.0888. The molecule has 0 radical (unpaired) electrons. The summed E-state index contributed by atoms with van der Waals surface area (Å²) in [6, 6.07) is 0. The normalized spacial score (nSPS) is 14.8. The minimum Gasteiger partial charge on any atom is -0.449 e. The Labute approximate surface area is 156 Å². The van der Waals surface area contributed by atoms with E-state index in [4.69, 9.17) is 4.74 Å². The van der Waals surface area contributed by atoms with Gasteiger partial charge < -0.3 is 14.5 Å². The van der Waals surface area contributed by atoms with Crippen molar-refractivity contribution >= 4 is 23.0 Å². The zero-order chi connectivity index (χ0) is 19.6. The fraction of sp³-hybridized carbons (Fsp3) is 0.588. The van der Waals surface area contributed by atoms with E-state index in [0.717, 1.165) is 0 Å². The van der Waals surface area contributed by atoms with Crippen molar-refractivity contribution in [2.45, 2.75) is 20.4 Å². The number of aromatic nitrogens is 4. The highest BCUT2D eigenvalue weighted by atomic mass is 16.6. The molecular weight excluding hydrogens is 352 g/mol. The third kappa shape index (κ3) is 4.09. The average Bonchev–Trinajstić information content (AvgIpc) is 3.03. The molecule has 0 aliphatic carbocycles. The quantitative estimate of drug-likeness (QED) is 0.748. The van der Waals surface area contributed by atoms with Gasteiger partial charge >= 0.3 is 6.09 Å². The van der Waals surface area contributed by atoms with E-state index in [1.54, 1.807) is 16.8 Å². The van der Waals surface area contributed by atoms with Crippen molar-refractivity contribution in [3.63, 3.8) is 0 Å². The molecule has 2 aromatic heterocycles. The standard InChI is InChI=1S/C17H24N6O4/c1-12(2)10-27-17(26)22-6-4-21(5-7-22)14(24)9-23-11-18-15-13(16(23)25)8-19-20(15)3/h8,11-12H,4-7,9-10H2,1-3H3. The van der Waals surface area contributed by atoms with Crippen LogP contribution in [0, 0.1) is 5.92 Å². The summed E-state index contributed by atoms with van der Waals surface area (Å²) >= 11 is 0. The SMILES string of the molecule is CC(C)COC(=O)N1CCN(C(=O)Cn2cnc3c(cnn3C)c2=O)CC1. The Morgan fingerprint density at radius 2 is 1.85 bits per heavy atom. The van der Waals surface area contributed by atoms with Crippen LogP contribution >= 0.6 is 0 Å². The van der Waals surface area contributed by atoms with Crippen LogP contribution in [0.5, 0.6) is 0 Å². The highest BCUT2D eigenvalue weighted by molar-refractivity contribution is 5.78. The molecule has 146 valence electrons. The number of aryl methyl sites for hydroxylation is 1. The van der Waals surface area contributed by atoms with Gasteiger partial charge in [0.1, 0.15) is 18.3 Å². The summed E-state index contributed by atoms with van der Waals surface area (Å²) < 4.78 is 8.02. The molecule has 3 rings (SSSR count). The molecule has 0 bridgehead atoms. The van der Waals surface area contributed by atoms with Gasteiger partial charge in [0.15, 0.2) is 5.65 Å². The third-order valence-corrected chi connectivity index (χ3v) is 4.45. The second-order valence-electron chi connectivity index (χ2n) is 7.02. The maximum absolute atomic E-state index is 12.5. The molecular formula is C17H24N6O4. The number of carbonyl (C=O) groups excluding carboxylic acids is 2. The number of ether oxygens (including phenoxy) is 1. The van der Waals surface area contributed by atoms with E-state index in [0.29, 0.717) is 43.8 Å². The van der Waals surface area contributed by atoms with Gasteiger partial charge in [0.05, 0.1) is 12.8 Å². The van der Waals surface area contributed by atoms with Gasteiger partial charge in [-0.25, -0.2) is 9.78 Å². The van der Waals surface area contributed by atoms with E-state index in [2.05, 4.69) is 10.1 Å². The number of amides is 2. The Morgan fingerprint density at radius 1 is 1.19 bits per heavy atom. The van der Waals surface area contributed by atoms with Gasteiger partial charge in [-0.05, 0) is 5.92 Å². The Morgan fingerprint density at radius 3 is 2.52 bits per heavy atom. The first kappa shape index (κ1) is 18.9. The molecule has 0 spiro atoms. The summed E-state index contributed by atoms with van der Waals surface area (Å²) in [6.07, 6.45) is 2.47. The molecule has 0 N–H and O–H groups in total. The molecule has 10 heteroatoms. The lowest BCUT2D eigenvalue weighted by Gasteiger charge is -2.34. The van der Waals surface area contributed by atoms with Crippen LogP contribution in [0.25, 0.3) is 11.0 Å². The Balaban J connectivity index is 1.58. The maximum atomic E-state index is 12.5. The lowest BCUT2D eigenvalue weighted by atomic mass is 10.2. The number of hydrogen-bond acceptors (Lipinski definition) is 6. The van der Waals surface area contributed by atoms with E-state index in [-0.39, 0.29) is 30.0 Å². The van der Waals surface area contributed by atoms with Gasteiger partial charge in [0.2, 0.25) is 5.91 Å². The second-order valence-corrected chi connectivity index (χ2v) is 7.02. The van der Waals surface area contributed by atoms with E-state index < -0.39 is 0 Å². The van der Waals surface area contributed by atoms with Crippen LogP contribution in [0.2, 0.25) is 0 Å². The Kier molecular flexibility index (Phi) is 5.43. The number of hydrogen-bond donors (Lipinski definition) is 0. The Hall–Kier alpha value is -2.91. The summed E-state index contributed by atoms with van der Waals surface area (Å²) in [5, 5.41) is 4.39. The number of rotatable bonds is 4. The third-order valence-electron chi connectivity index (χ3n) is 4.45. The van der Waals surface area contributed by atoms with Gasteiger partial charge in [-0.15, -0.1) is 0 Å². The smallest absolute Gasteiger partial charge is 0.409 e. The fourth-order valence-corrected chi connectivity index (χ4v) is 2.89. The molecule has 2 aromatic rings. The van der Waals surface area contributed by atoms with Gasteiger partial charge in [-0.3, -0.25) is 18.8 Å². The van der Waals surface area contributed by atoms with Gasteiger partial charge in [-0.1, -0.05) is 13.8 Å². The van der Waals surface area contributed by atoms with Crippen LogP contribution in [0.4, 0.5) is 4.79 Å². The molecule has 1 aliphatic rings. The predicted octanol–water partition coefficient (Wildman–Crippen LogP) is 0.0668. The number of fused-ring (bicyclic) bond motifs is 1. The van der Waals surface area contributed by atoms with E-state index in [1.165, 1.54) is 21.8 Å². The van der Waals surface area contributed by atoms with Crippen molar-refractivity contribution in [3.8, 4) is 0 Å². The van der Waals surface area contributed by atoms with E-state index in [1.807, 2.05) is 13.8 Å². The molecule has 0 aromatic carbocycles. The van der Waals surface area contributed by atoms with Crippen LogP contribution in [0.1, 0.15) is 13.8 Å². The first-order valence-corrected chi connectivity index (χ1v) is 8.93. The Bertz CT molecular complexity index is 894. The molecule has 0 unspecified atom stereocenters. The number of piperazine rings is 1. The van der Waals surface area contributed by atoms with Crippen molar-refractivity contribution in [1.29, 1.82) is 0 Å². The van der Waals surface area contributed by atoms with E-state index in [9.17, 15) is 14.4 Å². The fourth-order valence-electron chi connectivity index (χ4n) is 2.89. The summed E-state index contributed by atoms with van der Waals surface area (Å²) in [5.74, 6) is 0.0956. The van der Waals surface area contributed by atoms with Crippen LogP contribution in [-0.4, -0.2) is 73.9 Å². The molecule has 27 heavy (non-hydrogen) atoms. The highest BCUT2D eigenvalue weighted by Gasteiger charge is 2.25. The van der Waals surface area contributed by atoms with Crippen molar-refractivity contribution in [1.82, 2.24) is 29.1 Å². The monoisotopic (exact) mass is 376 g/mol. The summed E-state index contributed by atoms with van der Waals surface area (Å²) in [6.45, 7) is 5.89. The molecule has 1 saturated heterocycles. The molecule has 0 atom stereocenters. The predicted molar refractivity (Wildman–Crippen MR) is 97.1 cm³/mol. The van der Waals surface area contributed by atoms with E-state index >= 15 is 0 Å². The lowest BCUT2D eigenvalue weighted by Crippen LogP contribution is -2.51. The molecule has 3 heterocycles. The zero-order valence-electron chi connectivity index (χ0n) is 15.8. The van der Waals surface area contributed by atoms with Crippen molar-refractivity contribution in [2.24, 2.45) is 13.0 Å². The van der Waals surface area contributed by atoms with Crippen molar-refractivity contribution < 1.29 is 14.3 Å². The molecule has 2 amide bonds. The largest absolute Gasteiger partial charge is 0.449 e. The highest BCUT2D eigenvalue weighted by Crippen LogP contribution is 2.07. The second kappa shape index (κ2) is 7.77. The first-order chi connectivity index (χ1) is 12.9. The summed E-state index contributed by atoms with van der Waals surface area (Å²) in [4.78, 5) is 44.4. The zero-order valence-corrected chi connectivity index (χ0v) is 15.8. The summed E-state index contributed by atoms with van der Waals surface area (Å²) in [5.41, 5.74) is 0.189. The van der Waals surface area contributed by atoms with Crippen LogP contribution < -0.4 is 5.56 Å². The topological polar surface area (TPSA) is 103 Å². The molecule has 10 nitrogen and oxygen atoms in total. The molecule has 1 aliphatic heterocycles. The van der Waals surface area contributed by atoms with Gasteiger partial charge in [0.25, 0.3) is 5.56 Å². The van der Waals surface area contributed by atoms with Crippen LogP contribution in [0.15, 0.2) is 17.3 Å². The van der Waals surface area contributed by atoms with Crippen LogP contribution in [-0.2, 0) is 23.1 Å². The lowest BCUT2D eigenvalue weighted by molar-refractivity contribution is -0.133. The van der Waals surface area contributed by atoms with Crippen LogP contribution in [0.3, 0.4) is 0 Å². The molecule has 0 saturated carbocycles. The molecule has 1 fully saturated rings. The number of nitrogens with zero attached hydrogens (tertiary/aromatic N) is 6. The van der Waals surface area contributed by atoms with Gasteiger partial charge in [-0.2, -0.15) is 5.10 Å². The number of carbonyl (C=O) groups is 2.